The summed E-state index contributed by atoms with van der Waals surface area (Å²) in [5, 5.41) is 0. The van der Waals surface area contributed by atoms with E-state index < -0.39 is 10.0 Å². The highest BCUT2D eigenvalue weighted by atomic mass is 32.2. The molecule has 1 amide bonds. The van der Waals surface area contributed by atoms with Crippen molar-refractivity contribution in [3.63, 3.8) is 0 Å². The summed E-state index contributed by atoms with van der Waals surface area (Å²) in [7, 11) is 0.950. The lowest BCUT2D eigenvalue weighted by molar-refractivity contribution is -0.137. The van der Waals surface area contributed by atoms with Gasteiger partial charge in [-0.1, -0.05) is 0 Å². The van der Waals surface area contributed by atoms with Crippen LogP contribution in [0.15, 0.2) is 47.4 Å². The standard InChI is InChI=1S/C25H33N3O6S/c1-32-21-6-4-20(5-7-21)26-14-16-27(17-15-26)25(29)19-10-12-28(13-11-19)35(30,31)22-8-9-23(33-2)24(18-22)34-3/h4-9,18-19H,10-17H2,1-3H3. The van der Waals surface area contributed by atoms with Crippen LogP contribution in [0.1, 0.15) is 12.8 Å². The van der Waals surface area contributed by atoms with E-state index in [2.05, 4.69) is 4.90 Å². The molecule has 2 aromatic rings. The van der Waals surface area contributed by atoms with Gasteiger partial charge in [0.05, 0.1) is 26.2 Å². The van der Waals surface area contributed by atoms with Crippen molar-refractivity contribution in [2.75, 3.05) is 65.5 Å². The minimum absolute atomic E-state index is 0.127. The number of piperidine rings is 1. The summed E-state index contributed by atoms with van der Waals surface area (Å²) < 4.78 is 43.5. The predicted octanol–water partition coefficient (Wildman–Crippen LogP) is 2.46. The third-order valence-electron chi connectivity index (χ3n) is 6.82. The zero-order valence-electron chi connectivity index (χ0n) is 20.5. The number of anilines is 1. The fourth-order valence-corrected chi connectivity index (χ4v) is 6.19. The van der Waals surface area contributed by atoms with Crippen molar-refractivity contribution in [2.24, 2.45) is 5.92 Å². The third kappa shape index (κ3) is 5.33. The second kappa shape index (κ2) is 10.7. The number of sulfonamides is 1. The van der Waals surface area contributed by atoms with Gasteiger partial charge in [0.2, 0.25) is 15.9 Å². The SMILES string of the molecule is COc1ccc(N2CCN(C(=O)C3CCN(S(=O)(=O)c4ccc(OC)c(OC)c4)CC3)CC2)cc1. The molecule has 190 valence electrons. The van der Waals surface area contributed by atoms with Crippen LogP contribution in [-0.2, 0) is 14.8 Å². The van der Waals surface area contributed by atoms with Crippen LogP contribution in [0.4, 0.5) is 5.69 Å². The Morgan fingerprint density at radius 3 is 2.00 bits per heavy atom. The summed E-state index contributed by atoms with van der Waals surface area (Å²) in [6.07, 6.45) is 1.04. The van der Waals surface area contributed by atoms with Gasteiger partial charge in [-0.2, -0.15) is 4.31 Å². The highest BCUT2D eigenvalue weighted by Gasteiger charge is 2.35. The quantitative estimate of drug-likeness (QED) is 0.574. The van der Waals surface area contributed by atoms with Gasteiger partial charge in [-0.25, -0.2) is 8.42 Å². The minimum Gasteiger partial charge on any atom is -0.497 e. The van der Waals surface area contributed by atoms with E-state index >= 15 is 0 Å². The molecule has 2 aliphatic heterocycles. The molecular weight excluding hydrogens is 470 g/mol. The van der Waals surface area contributed by atoms with Crippen molar-refractivity contribution < 1.29 is 27.4 Å². The number of amides is 1. The van der Waals surface area contributed by atoms with E-state index in [1.54, 1.807) is 13.2 Å². The summed E-state index contributed by atoms with van der Waals surface area (Å²) in [6.45, 7) is 3.50. The lowest BCUT2D eigenvalue weighted by Gasteiger charge is -2.39. The van der Waals surface area contributed by atoms with Crippen LogP contribution >= 0.6 is 0 Å². The molecule has 0 saturated carbocycles. The fourth-order valence-electron chi connectivity index (χ4n) is 4.71. The van der Waals surface area contributed by atoms with Crippen molar-refractivity contribution in [2.45, 2.75) is 17.7 Å². The van der Waals surface area contributed by atoms with Crippen molar-refractivity contribution >= 4 is 21.6 Å². The minimum atomic E-state index is -3.68. The maximum Gasteiger partial charge on any atom is 0.243 e. The Labute approximate surface area is 207 Å². The van der Waals surface area contributed by atoms with E-state index in [0.717, 1.165) is 24.5 Å². The maximum absolute atomic E-state index is 13.2. The number of rotatable bonds is 7. The van der Waals surface area contributed by atoms with Crippen LogP contribution in [0.5, 0.6) is 17.2 Å². The van der Waals surface area contributed by atoms with Crippen molar-refractivity contribution in [1.82, 2.24) is 9.21 Å². The Kier molecular flexibility index (Phi) is 7.71. The number of hydrogen-bond donors (Lipinski definition) is 0. The molecule has 2 fully saturated rings. The molecule has 2 aromatic carbocycles. The molecule has 0 atom stereocenters. The van der Waals surface area contributed by atoms with E-state index in [1.807, 2.05) is 29.2 Å². The van der Waals surface area contributed by atoms with Gasteiger partial charge in [0.25, 0.3) is 0 Å². The molecule has 0 N–H and O–H groups in total. The van der Waals surface area contributed by atoms with Gasteiger partial charge >= 0.3 is 0 Å². The van der Waals surface area contributed by atoms with Crippen LogP contribution in [0.25, 0.3) is 0 Å². The first-order chi connectivity index (χ1) is 16.9. The number of benzene rings is 2. The Hall–Kier alpha value is -2.98. The number of carbonyl (C=O) groups excluding carboxylic acids is 1. The summed E-state index contributed by atoms with van der Waals surface area (Å²) in [4.78, 5) is 17.5. The van der Waals surface area contributed by atoms with Gasteiger partial charge in [0.15, 0.2) is 11.5 Å². The van der Waals surface area contributed by atoms with E-state index in [-0.39, 0.29) is 16.7 Å². The number of carbonyl (C=O) groups is 1. The first kappa shape index (κ1) is 25.1. The largest absolute Gasteiger partial charge is 0.497 e. The number of nitrogens with zero attached hydrogens (tertiary/aromatic N) is 3. The van der Waals surface area contributed by atoms with Gasteiger partial charge in [-0.3, -0.25) is 4.79 Å². The molecule has 4 rings (SSSR count). The normalized spacial score (nSPS) is 17.8. The Morgan fingerprint density at radius 2 is 1.43 bits per heavy atom. The fraction of sp³-hybridized carbons (Fsp3) is 0.480. The van der Waals surface area contributed by atoms with Crippen LogP contribution in [-0.4, -0.2) is 84.1 Å². The van der Waals surface area contributed by atoms with E-state index in [9.17, 15) is 13.2 Å². The number of hydrogen-bond acceptors (Lipinski definition) is 7. The molecule has 0 aromatic heterocycles. The Balaban J connectivity index is 1.32. The Morgan fingerprint density at radius 1 is 0.800 bits per heavy atom. The zero-order valence-corrected chi connectivity index (χ0v) is 21.3. The summed E-state index contributed by atoms with van der Waals surface area (Å²) in [5.41, 5.74) is 1.12. The molecule has 0 spiro atoms. The first-order valence-electron chi connectivity index (χ1n) is 11.8. The highest BCUT2D eigenvalue weighted by Crippen LogP contribution is 2.32. The average Bonchev–Trinajstić information content (AvgIpc) is 2.92. The molecule has 0 unspecified atom stereocenters. The molecular formula is C25H33N3O6S. The van der Waals surface area contributed by atoms with Crippen LogP contribution in [0.2, 0.25) is 0 Å². The van der Waals surface area contributed by atoms with E-state index in [4.69, 9.17) is 14.2 Å². The summed E-state index contributed by atoms with van der Waals surface area (Å²) >= 11 is 0. The number of methoxy groups -OCH3 is 3. The molecule has 35 heavy (non-hydrogen) atoms. The van der Waals surface area contributed by atoms with Gasteiger partial charge in [-0.15, -0.1) is 0 Å². The molecule has 0 radical (unpaired) electrons. The smallest absolute Gasteiger partial charge is 0.243 e. The monoisotopic (exact) mass is 503 g/mol. The average molecular weight is 504 g/mol. The maximum atomic E-state index is 13.2. The van der Waals surface area contributed by atoms with E-state index in [1.165, 1.54) is 30.7 Å². The molecule has 2 aliphatic rings. The predicted molar refractivity (Wildman–Crippen MR) is 133 cm³/mol. The number of piperazine rings is 1. The van der Waals surface area contributed by atoms with Gasteiger partial charge in [0.1, 0.15) is 5.75 Å². The highest BCUT2D eigenvalue weighted by molar-refractivity contribution is 7.89. The van der Waals surface area contributed by atoms with Crippen molar-refractivity contribution in [1.29, 1.82) is 0 Å². The van der Waals surface area contributed by atoms with Gasteiger partial charge in [-0.05, 0) is 49.2 Å². The molecule has 9 nitrogen and oxygen atoms in total. The second-order valence-electron chi connectivity index (χ2n) is 8.71. The van der Waals surface area contributed by atoms with Gasteiger partial charge < -0.3 is 24.0 Å². The molecule has 0 bridgehead atoms. The van der Waals surface area contributed by atoms with Crippen LogP contribution in [0.3, 0.4) is 0 Å². The van der Waals surface area contributed by atoms with Gasteiger partial charge in [0, 0.05) is 56.9 Å². The topological polar surface area (TPSA) is 88.6 Å². The molecule has 0 aliphatic carbocycles. The Bertz CT molecular complexity index is 1120. The molecule has 2 saturated heterocycles. The molecule has 2 heterocycles. The number of ether oxygens (including phenoxy) is 3. The lowest BCUT2D eigenvalue weighted by Crippen LogP contribution is -2.52. The first-order valence-corrected chi connectivity index (χ1v) is 13.2. The zero-order chi connectivity index (χ0) is 25.0. The van der Waals surface area contributed by atoms with Crippen molar-refractivity contribution in [3.8, 4) is 17.2 Å². The summed E-state index contributed by atoms with van der Waals surface area (Å²) in [6, 6.07) is 12.5. The van der Waals surface area contributed by atoms with E-state index in [0.29, 0.717) is 50.5 Å². The molecule has 10 heteroatoms. The third-order valence-corrected chi connectivity index (χ3v) is 8.72. The summed E-state index contributed by atoms with van der Waals surface area (Å²) in [5.74, 6) is 1.64. The second-order valence-corrected chi connectivity index (χ2v) is 10.6. The van der Waals surface area contributed by atoms with Crippen molar-refractivity contribution in [3.05, 3.63) is 42.5 Å². The lowest BCUT2D eigenvalue weighted by atomic mass is 9.96. The van der Waals surface area contributed by atoms with Crippen LogP contribution in [0, 0.1) is 5.92 Å². The van der Waals surface area contributed by atoms with Crippen LogP contribution < -0.4 is 19.1 Å².